The summed E-state index contributed by atoms with van der Waals surface area (Å²) in [6.07, 6.45) is 0.535. The van der Waals surface area contributed by atoms with Gasteiger partial charge in [0.2, 0.25) is 15.9 Å². The molecule has 1 amide bonds. The van der Waals surface area contributed by atoms with E-state index in [9.17, 15) is 13.2 Å². The van der Waals surface area contributed by atoms with Crippen molar-refractivity contribution >= 4 is 39.1 Å². The molecule has 0 saturated heterocycles. The molecule has 1 aromatic heterocycles. The molecular formula is C20H22N4O4S2. The van der Waals surface area contributed by atoms with Crippen molar-refractivity contribution in [1.82, 2.24) is 10.1 Å². The highest BCUT2D eigenvalue weighted by Gasteiger charge is 2.14. The molecule has 0 fully saturated rings. The average molecular weight is 447 g/mol. The van der Waals surface area contributed by atoms with Gasteiger partial charge in [-0.1, -0.05) is 24.2 Å². The summed E-state index contributed by atoms with van der Waals surface area (Å²) in [6.45, 7) is 3.55. The highest BCUT2D eigenvalue weighted by molar-refractivity contribution is 7.98. The summed E-state index contributed by atoms with van der Waals surface area (Å²) in [7, 11) is -3.35. The maximum atomic E-state index is 12.8. The maximum Gasteiger partial charge on any atom is 0.256 e. The Kier molecular flexibility index (Phi) is 7.11. The first-order valence-corrected chi connectivity index (χ1v) is 11.9. The zero-order chi connectivity index (χ0) is 21.6. The molecule has 0 radical (unpaired) electrons. The number of nitrogens with zero attached hydrogens (tertiary/aromatic N) is 2. The molecule has 2 aromatic carbocycles. The van der Waals surface area contributed by atoms with Crippen molar-refractivity contribution < 1.29 is 17.7 Å². The largest absolute Gasteiger partial charge is 0.338 e. The first-order valence-electron chi connectivity index (χ1n) is 9.29. The van der Waals surface area contributed by atoms with Crippen LogP contribution in [0, 0.1) is 6.92 Å². The number of carbonyl (C=O) groups excluding carboxylic acids is 1. The van der Waals surface area contributed by atoms with E-state index >= 15 is 0 Å². The Morgan fingerprint density at radius 2 is 1.80 bits per heavy atom. The fourth-order valence-electron chi connectivity index (χ4n) is 2.64. The van der Waals surface area contributed by atoms with E-state index < -0.39 is 10.0 Å². The first kappa shape index (κ1) is 21.8. The van der Waals surface area contributed by atoms with Crippen molar-refractivity contribution in [3.63, 3.8) is 0 Å². The molecule has 2 N–H and O–H groups in total. The molecule has 1 heterocycles. The summed E-state index contributed by atoms with van der Waals surface area (Å²) < 4.78 is 31.3. The Labute approximate surface area is 179 Å². The normalized spacial score (nSPS) is 11.3. The molecule has 8 nitrogen and oxygen atoms in total. The summed E-state index contributed by atoms with van der Waals surface area (Å²) in [5, 5.41) is 6.60. The maximum absolute atomic E-state index is 12.8. The lowest BCUT2D eigenvalue weighted by molar-refractivity contribution is 0.102. The van der Waals surface area contributed by atoms with E-state index in [4.69, 9.17) is 4.52 Å². The second kappa shape index (κ2) is 9.77. The molecule has 0 saturated carbocycles. The fraction of sp³-hybridized carbons (Fsp3) is 0.250. The Balaban J connectivity index is 1.66. The van der Waals surface area contributed by atoms with E-state index in [1.807, 2.05) is 12.1 Å². The molecule has 0 aliphatic heterocycles. The van der Waals surface area contributed by atoms with E-state index in [2.05, 4.69) is 20.2 Å². The van der Waals surface area contributed by atoms with Crippen LogP contribution in [-0.2, 0) is 15.8 Å². The highest BCUT2D eigenvalue weighted by Crippen LogP contribution is 2.27. The number of sulfonamides is 1. The number of thioether (sulfide) groups is 1. The molecule has 10 heteroatoms. The molecule has 158 valence electrons. The third-order valence-electron chi connectivity index (χ3n) is 3.94. The minimum absolute atomic E-state index is 0.0586. The molecule has 0 aliphatic carbocycles. The predicted octanol–water partition coefficient (Wildman–Crippen LogP) is 4.07. The van der Waals surface area contributed by atoms with Crippen LogP contribution in [0.3, 0.4) is 0 Å². The minimum Gasteiger partial charge on any atom is -0.338 e. The molecule has 0 unspecified atom stereocenters. The van der Waals surface area contributed by atoms with E-state index in [1.54, 1.807) is 50.2 Å². The number of carbonyl (C=O) groups is 1. The van der Waals surface area contributed by atoms with Crippen LogP contribution in [0.15, 0.2) is 57.9 Å². The zero-order valence-corrected chi connectivity index (χ0v) is 18.2. The van der Waals surface area contributed by atoms with Crippen LogP contribution < -0.4 is 10.0 Å². The van der Waals surface area contributed by atoms with E-state index in [0.29, 0.717) is 40.8 Å². The van der Waals surface area contributed by atoms with E-state index in [-0.39, 0.29) is 11.7 Å². The zero-order valence-electron chi connectivity index (χ0n) is 16.6. The summed E-state index contributed by atoms with van der Waals surface area (Å²) in [6, 6.07) is 13.8. The van der Waals surface area contributed by atoms with Crippen molar-refractivity contribution in [2.45, 2.75) is 30.9 Å². The van der Waals surface area contributed by atoms with Crippen LogP contribution in [0.25, 0.3) is 0 Å². The number of aryl methyl sites for hydroxylation is 1. The molecule has 30 heavy (non-hydrogen) atoms. The lowest BCUT2D eigenvalue weighted by atomic mass is 10.2. The van der Waals surface area contributed by atoms with Gasteiger partial charge in [-0.25, -0.2) is 8.42 Å². The van der Waals surface area contributed by atoms with Gasteiger partial charge in [-0.15, -0.1) is 11.8 Å². The summed E-state index contributed by atoms with van der Waals surface area (Å²) in [4.78, 5) is 17.7. The van der Waals surface area contributed by atoms with Gasteiger partial charge in [-0.3, -0.25) is 9.52 Å². The Morgan fingerprint density at radius 3 is 2.47 bits per heavy atom. The highest BCUT2D eigenvalue weighted by atomic mass is 32.2. The van der Waals surface area contributed by atoms with Gasteiger partial charge in [0.1, 0.15) is 0 Å². The number of aromatic nitrogens is 2. The number of benzene rings is 2. The molecular weight excluding hydrogens is 424 g/mol. The van der Waals surface area contributed by atoms with Crippen LogP contribution in [0.5, 0.6) is 0 Å². The third-order valence-corrected chi connectivity index (χ3v) is 6.49. The summed E-state index contributed by atoms with van der Waals surface area (Å²) >= 11 is 1.43. The van der Waals surface area contributed by atoms with Crippen molar-refractivity contribution in [3.05, 3.63) is 65.8 Å². The monoisotopic (exact) mass is 446 g/mol. The van der Waals surface area contributed by atoms with Crippen molar-refractivity contribution in [1.29, 1.82) is 0 Å². The van der Waals surface area contributed by atoms with Crippen LogP contribution in [0.4, 0.5) is 11.4 Å². The third kappa shape index (κ3) is 6.07. The lowest BCUT2D eigenvalue weighted by Gasteiger charge is -2.11. The Hall–Kier alpha value is -2.85. The van der Waals surface area contributed by atoms with Crippen LogP contribution in [0.1, 0.15) is 35.4 Å². The number of amides is 1. The van der Waals surface area contributed by atoms with Gasteiger partial charge in [0.05, 0.1) is 17.1 Å². The van der Waals surface area contributed by atoms with Gasteiger partial charge in [0.25, 0.3) is 5.91 Å². The Morgan fingerprint density at radius 1 is 1.10 bits per heavy atom. The number of hydrogen-bond donors (Lipinski definition) is 2. The SMILES string of the molecule is CCCS(=O)(=O)Nc1ccc(NC(=O)c2ccccc2SCc2nc(C)no2)cc1. The number of anilines is 2. The summed E-state index contributed by atoms with van der Waals surface area (Å²) in [5.41, 5.74) is 1.53. The van der Waals surface area contributed by atoms with E-state index in [0.717, 1.165) is 4.90 Å². The lowest BCUT2D eigenvalue weighted by Crippen LogP contribution is -2.16. The average Bonchev–Trinajstić information content (AvgIpc) is 3.13. The molecule has 0 spiro atoms. The second-order valence-electron chi connectivity index (χ2n) is 6.47. The molecule has 0 aliphatic rings. The molecule has 3 aromatic rings. The van der Waals surface area contributed by atoms with Gasteiger partial charge in [-0.05, 0) is 49.7 Å². The van der Waals surface area contributed by atoms with Gasteiger partial charge in [-0.2, -0.15) is 4.98 Å². The van der Waals surface area contributed by atoms with Crippen molar-refractivity contribution in [2.75, 3.05) is 15.8 Å². The standard InChI is InChI=1S/C20H22N4O4S2/c1-3-12-30(26,27)24-16-10-8-15(9-11-16)22-20(25)17-6-4-5-7-18(17)29-13-19-21-14(2)23-28-19/h4-11,24H,3,12-13H2,1-2H3,(H,22,25). The van der Waals surface area contributed by atoms with Crippen LogP contribution in [0.2, 0.25) is 0 Å². The molecule has 3 rings (SSSR count). The number of hydrogen-bond acceptors (Lipinski definition) is 7. The quantitative estimate of drug-likeness (QED) is 0.476. The fourth-order valence-corrected chi connectivity index (χ4v) is 4.66. The van der Waals surface area contributed by atoms with Gasteiger partial charge >= 0.3 is 0 Å². The molecule has 0 atom stereocenters. The molecule has 0 bridgehead atoms. The van der Waals surface area contributed by atoms with Crippen molar-refractivity contribution in [2.24, 2.45) is 0 Å². The van der Waals surface area contributed by atoms with Crippen LogP contribution in [-0.4, -0.2) is 30.2 Å². The number of rotatable bonds is 9. The van der Waals surface area contributed by atoms with Gasteiger partial charge < -0.3 is 9.84 Å². The van der Waals surface area contributed by atoms with Crippen LogP contribution >= 0.6 is 11.8 Å². The van der Waals surface area contributed by atoms with Crippen molar-refractivity contribution in [3.8, 4) is 0 Å². The summed E-state index contributed by atoms with van der Waals surface area (Å²) in [5.74, 6) is 1.31. The second-order valence-corrected chi connectivity index (χ2v) is 9.33. The Bertz CT molecular complexity index is 1110. The predicted molar refractivity (Wildman–Crippen MR) is 117 cm³/mol. The van der Waals surface area contributed by atoms with Gasteiger partial charge in [0, 0.05) is 16.3 Å². The topological polar surface area (TPSA) is 114 Å². The van der Waals surface area contributed by atoms with Gasteiger partial charge in [0.15, 0.2) is 5.82 Å². The minimum atomic E-state index is -3.35. The first-order chi connectivity index (χ1) is 14.4. The smallest absolute Gasteiger partial charge is 0.256 e. The number of nitrogens with one attached hydrogen (secondary N) is 2. The van der Waals surface area contributed by atoms with E-state index in [1.165, 1.54) is 11.8 Å².